The number of benzene rings is 2. The van der Waals surface area contributed by atoms with Crippen LogP contribution in [0.5, 0.6) is 0 Å². The lowest BCUT2D eigenvalue weighted by molar-refractivity contribution is 0.594. The van der Waals surface area contributed by atoms with Gasteiger partial charge in [-0.2, -0.15) is 0 Å². The Labute approximate surface area is 127 Å². The van der Waals surface area contributed by atoms with E-state index in [1.54, 1.807) is 24.5 Å². The molecule has 4 heteroatoms. The standard InChI is InChI=1S/C17H14ClFN2/c18-15-6-2-4-12(17(15)19)9-16(20)13-5-1-3-11-7-8-21-10-14(11)13/h1-8,10,16H,9,20H2. The molecular weight excluding hydrogens is 287 g/mol. The van der Waals surface area contributed by atoms with E-state index in [1.165, 1.54) is 6.07 Å². The van der Waals surface area contributed by atoms with Crippen molar-refractivity contribution in [2.24, 2.45) is 5.73 Å². The SMILES string of the molecule is NC(Cc1cccc(Cl)c1F)c1cccc2ccncc12. The molecule has 0 saturated heterocycles. The minimum atomic E-state index is -0.395. The van der Waals surface area contributed by atoms with Crippen molar-refractivity contribution >= 4 is 22.4 Å². The summed E-state index contributed by atoms with van der Waals surface area (Å²) in [5, 5.41) is 2.19. The Balaban J connectivity index is 1.97. The molecule has 2 N–H and O–H groups in total. The number of nitrogens with two attached hydrogens (primary N) is 1. The smallest absolute Gasteiger partial charge is 0.145 e. The molecule has 21 heavy (non-hydrogen) atoms. The number of nitrogens with zero attached hydrogens (tertiary/aromatic N) is 1. The number of pyridine rings is 1. The highest BCUT2D eigenvalue weighted by Crippen LogP contribution is 2.27. The van der Waals surface area contributed by atoms with Gasteiger partial charge in [0.25, 0.3) is 0 Å². The molecule has 3 aromatic rings. The van der Waals surface area contributed by atoms with Gasteiger partial charge in [0.15, 0.2) is 0 Å². The summed E-state index contributed by atoms with van der Waals surface area (Å²) < 4.78 is 14.0. The number of hydrogen-bond acceptors (Lipinski definition) is 2. The molecule has 0 bridgehead atoms. The van der Waals surface area contributed by atoms with Gasteiger partial charge in [0.2, 0.25) is 0 Å². The molecule has 0 saturated carbocycles. The Hall–Kier alpha value is -1.97. The van der Waals surface area contributed by atoms with Crippen molar-refractivity contribution in [3.63, 3.8) is 0 Å². The van der Waals surface area contributed by atoms with Crippen LogP contribution in [0.1, 0.15) is 17.2 Å². The van der Waals surface area contributed by atoms with Gasteiger partial charge in [0.1, 0.15) is 5.82 Å². The van der Waals surface area contributed by atoms with Crippen LogP contribution in [-0.4, -0.2) is 4.98 Å². The quantitative estimate of drug-likeness (QED) is 0.784. The molecule has 0 aliphatic heterocycles. The van der Waals surface area contributed by atoms with Crippen molar-refractivity contribution in [3.8, 4) is 0 Å². The molecule has 3 rings (SSSR count). The molecule has 1 aromatic heterocycles. The zero-order valence-electron chi connectivity index (χ0n) is 11.3. The molecule has 1 atom stereocenters. The molecule has 1 unspecified atom stereocenters. The van der Waals surface area contributed by atoms with Crippen LogP contribution in [0.25, 0.3) is 10.8 Å². The second kappa shape index (κ2) is 5.80. The molecule has 1 heterocycles. The van der Waals surface area contributed by atoms with E-state index in [4.69, 9.17) is 17.3 Å². The fraction of sp³-hybridized carbons (Fsp3) is 0.118. The van der Waals surface area contributed by atoms with E-state index in [1.807, 2.05) is 24.3 Å². The summed E-state index contributed by atoms with van der Waals surface area (Å²) in [7, 11) is 0. The zero-order valence-corrected chi connectivity index (χ0v) is 12.0. The van der Waals surface area contributed by atoms with Crippen LogP contribution >= 0.6 is 11.6 Å². The predicted octanol–water partition coefficient (Wildman–Crippen LogP) is 4.27. The van der Waals surface area contributed by atoms with Crippen molar-refractivity contribution in [1.29, 1.82) is 0 Å². The van der Waals surface area contributed by atoms with Gasteiger partial charge in [-0.25, -0.2) is 4.39 Å². The van der Waals surface area contributed by atoms with Crippen molar-refractivity contribution in [2.45, 2.75) is 12.5 Å². The zero-order chi connectivity index (χ0) is 14.8. The average molecular weight is 301 g/mol. The van der Waals surface area contributed by atoms with Gasteiger partial charge >= 0.3 is 0 Å². The van der Waals surface area contributed by atoms with E-state index in [0.29, 0.717) is 12.0 Å². The number of halogens is 2. The Morgan fingerprint density at radius 1 is 1.14 bits per heavy atom. The predicted molar refractivity (Wildman–Crippen MR) is 83.8 cm³/mol. The molecule has 0 aliphatic carbocycles. The van der Waals surface area contributed by atoms with Crippen LogP contribution in [0.15, 0.2) is 54.9 Å². The largest absolute Gasteiger partial charge is 0.324 e. The van der Waals surface area contributed by atoms with Crippen molar-refractivity contribution in [1.82, 2.24) is 4.98 Å². The van der Waals surface area contributed by atoms with Gasteiger partial charge in [0, 0.05) is 23.8 Å². The first-order valence-electron chi connectivity index (χ1n) is 6.68. The molecule has 0 aliphatic rings. The van der Waals surface area contributed by atoms with E-state index in [-0.39, 0.29) is 11.1 Å². The third-order valence-corrected chi connectivity index (χ3v) is 3.88. The fourth-order valence-electron chi connectivity index (χ4n) is 2.51. The first kappa shape index (κ1) is 14.0. The maximum absolute atomic E-state index is 14.0. The normalized spacial score (nSPS) is 12.5. The molecular formula is C17H14ClFN2. The number of fused-ring (bicyclic) bond motifs is 1. The molecule has 0 amide bonds. The van der Waals surface area contributed by atoms with Gasteiger partial charge in [0.05, 0.1) is 5.02 Å². The topological polar surface area (TPSA) is 38.9 Å². The molecule has 0 radical (unpaired) electrons. The summed E-state index contributed by atoms with van der Waals surface area (Å²) >= 11 is 5.81. The molecule has 2 nitrogen and oxygen atoms in total. The summed E-state index contributed by atoms with van der Waals surface area (Å²) in [5.41, 5.74) is 7.76. The Morgan fingerprint density at radius 2 is 1.95 bits per heavy atom. The van der Waals surface area contributed by atoms with Crippen molar-refractivity contribution in [3.05, 3.63) is 76.8 Å². The molecule has 0 spiro atoms. The van der Waals surface area contributed by atoms with Crippen LogP contribution < -0.4 is 5.73 Å². The Kier molecular flexibility index (Phi) is 3.86. The minimum absolute atomic E-state index is 0.124. The number of hydrogen-bond donors (Lipinski definition) is 1. The molecule has 106 valence electrons. The van der Waals surface area contributed by atoms with E-state index >= 15 is 0 Å². The van der Waals surface area contributed by atoms with Crippen molar-refractivity contribution in [2.75, 3.05) is 0 Å². The van der Waals surface area contributed by atoms with Crippen LogP contribution in [-0.2, 0) is 6.42 Å². The fourth-order valence-corrected chi connectivity index (χ4v) is 2.71. The second-order valence-corrected chi connectivity index (χ2v) is 5.37. The van der Waals surface area contributed by atoms with Crippen LogP contribution in [0.4, 0.5) is 4.39 Å². The van der Waals surface area contributed by atoms with E-state index in [2.05, 4.69) is 4.98 Å². The monoisotopic (exact) mass is 300 g/mol. The van der Waals surface area contributed by atoms with E-state index < -0.39 is 5.82 Å². The lowest BCUT2D eigenvalue weighted by Gasteiger charge is -2.15. The number of aromatic nitrogens is 1. The number of rotatable bonds is 3. The summed E-state index contributed by atoms with van der Waals surface area (Å²) in [5.74, 6) is -0.395. The highest BCUT2D eigenvalue weighted by Gasteiger charge is 2.14. The van der Waals surface area contributed by atoms with Crippen LogP contribution in [0.2, 0.25) is 5.02 Å². The lowest BCUT2D eigenvalue weighted by atomic mass is 9.95. The highest BCUT2D eigenvalue weighted by molar-refractivity contribution is 6.30. The molecule has 0 fully saturated rings. The third-order valence-electron chi connectivity index (χ3n) is 3.59. The lowest BCUT2D eigenvalue weighted by Crippen LogP contribution is -2.14. The second-order valence-electron chi connectivity index (χ2n) is 4.97. The first-order chi connectivity index (χ1) is 10.2. The van der Waals surface area contributed by atoms with Crippen molar-refractivity contribution < 1.29 is 4.39 Å². The van der Waals surface area contributed by atoms with Crippen LogP contribution in [0, 0.1) is 5.82 Å². The third kappa shape index (κ3) is 2.75. The Morgan fingerprint density at radius 3 is 2.81 bits per heavy atom. The summed E-state index contributed by atoms with van der Waals surface area (Å²) in [6, 6.07) is 12.5. The molecule has 2 aromatic carbocycles. The maximum atomic E-state index is 14.0. The van der Waals surface area contributed by atoms with Crippen LogP contribution in [0.3, 0.4) is 0 Å². The van der Waals surface area contributed by atoms with E-state index in [0.717, 1.165) is 16.3 Å². The minimum Gasteiger partial charge on any atom is -0.324 e. The highest BCUT2D eigenvalue weighted by atomic mass is 35.5. The van der Waals surface area contributed by atoms with Gasteiger partial charge < -0.3 is 5.73 Å². The summed E-state index contributed by atoms with van der Waals surface area (Å²) in [4.78, 5) is 4.14. The average Bonchev–Trinajstić information content (AvgIpc) is 2.51. The van der Waals surface area contributed by atoms with E-state index in [9.17, 15) is 4.39 Å². The van der Waals surface area contributed by atoms with Gasteiger partial charge in [-0.15, -0.1) is 0 Å². The first-order valence-corrected chi connectivity index (χ1v) is 7.05. The van der Waals surface area contributed by atoms with Gasteiger partial charge in [-0.3, -0.25) is 4.98 Å². The summed E-state index contributed by atoms with van der Waals surface area (Å²) in [6.07, 6.45) is 3.92. The maximum Gasteiger partial charge on any atom is 0.145 e. The Bertz CT molecular complexity index is 783. The van der Waals surface area contributed by atoms with Gasteiger partial charge in [-0.1, -0.05) is 41.9 Å². The summed E-state index contributed by atoms with van der Waals surface area (Å²) in [6.45, 7) is 0. The van der Waals surface area contributed by atoms with Gasteiger partial charge in [-0.05, 0) is 35.1 Å².